The molecule has 0 saturated carbocycles. The van der Waals surface area contributed by atoms with E-state index < -0.39 is 0 Å². The number of hydrogen-bond donors (Lipinski definition) is 1. The predicted molar refractivity (Wildman–Crippen MR) is 78.5 cm³/mol. The second-order valence-corrected chi connectivity index (χ2v) is 6.73. The first-order valence-corrected chi connectivity index (χ1v) is 7.19. The summed E-state index contributed by atoms with van der Waals surface area (Å²) in [5.41, 5.74) is 1.35. The fraction of sp³-hybridized carbons (Fsp3) is 0.500. The Morgan fingerprint density at radius 3 is 2.40 bits per heavy atom. The van der Waals surface area contributed by atoms with Gasteiger partial charge in [-0.15, -0.1) is 0 Å². The molecule has 1 nitrogen and oxygen atoms in total. The van der Waals surface area contributed by atoms with Gasteiger partial charge in [0.15, 0.2) is 0 Å². The van der Waals surface area contributed by atoms with Gasteiger partial charge in [-0.05, 0) is 53.6 Å². The van der Waals surface area contributed by atoms with Crippen LogP contribution in [0.3, 0.4) is 0 Å². The second kappa shape index (κ2) is 6.86. The van der Waals surface area contributed by atoms with Crippen LogP contribution >= 0.6 is 38.5 Å². The van der Waals surface area contributed by atoms with E-state index >= 15 is 0 Å². The Morgan fingerprint density at radius 1 is 1.27 bits per heavy atom. The van der Waals surface area contributed by atoms with E-state index in [1.54, 1.807) is 0 Å². The molecule has 0 amide bonds. The lowest BCUT2D eigenvalue weighted by atomic mass is 10.1. The summed E-state index contributed by atoms with van der Waals surface area (Å²) in [5, 5.41) is 3.52. The predicted octanol–water partition coefficient (Wildman–Crippen LogP) is 3.94. The van der Waals surface area contributed by atoms with Crippen LogP contribution in [0.1, 0.15) is 25.8 Å². The van der Waals surface area contributed by atoms with Crippen molar-refractivity contribution in [1.82, 2.24) is 5.32 Å². The summed E-state index contributed by atoms with van der Waals surface area (Å²) in [6.07, 6.45) is 1.16. The van der Waals surface area contributed by atoms with Crippen molar-refractivity contribution in [3.8, 4) is 0 Å². The molecule has 2 unspecified atom stereocenters. The van der Waals surface area contributed by atoms with Gasteiger partial charge in [0.2, 0.25) is 0 Å². The van der Waals surface area contributed by atoms with E-state index in [0.717, 1.165) is 13.0 Å². The average Bonchev–Trinajstić information content (AvgIpc) is 2.16. The van der Waals surface area contributed by atoms with Crippen molar-refractivity contribution < 1.29 is 0 Å². The van der Waals surface area contributed by atoms with Crippen molar-refractivity contribution in [2.24, 2.45) is 0 Å². The third-order valence-electron chi connectivity index (χ3n) is 2.25. The lowest BCUT2D eigenvalue weighted by Crippen LogP contribution is -2.27. The highest BCUT2D eigenvalue weighted by Gasteiger charge is 2.04. The number of halogens is 2. The van der Waals surface area contributed by atoms with Crippen molar-refractivity contribution in [2.45, 2.75) is 37.7 Å². The third kappa shape index (κ3) is 5.88. The van der Waals surface area contributed by atoms with Gasteiger partial charge < -0.3 is 5.32 Å². The van der Waals surface area contributed by atoms with E-state index in [0.29, 0.717) is 10.9 Å². The first kappa shape index (κ1) is 13.5. The highest BCUT2D eigenvalue weighted by atomic mass is 127. The molecule has 0 heterocycles. The maximum absolute atomic E-state index is 3.57. The maximum Gasteiger partial charge on any atom is 0.0207 e. The van der Waals surface area contributed by atoms with E-state index in [4.69, 9.17) is 0 Å². The fourth-order valence-electron chi connectivity index (χ4n) is 1.46. The second-order valence-electron chi connectivity index (χ2n) is 3.92. The Balaban J connectivity index is 2.33. The van der Waals surface area contributed by atoms with Crippen LogP contribution in [0.5, 0.6) is 0 Å². The minimum absolute atomic E-state index is 0.554. The molecule has 2 atom stereocenters. The van der Waals surface area contributed by atoms with E-state index in [1.807, 2.05) is 0 Å². The molecule has 0 aliphatic rings. The highest BCUT2D eigenvalue weighted by Crippen LogP contribution is 2.09. The fourth-order valence-corrected chi connectivity index (χ4v) is 2.39. The Hall–Kier alpha value is 0.390. The number of rotatable bonds is 5. The Bertz CT molecular complexity index is 284. The molecule has 0 aliphatic heterocycles. The smallest absolute Gasteiger partial charge is 0.0207 e. The lowest BCUT2D eigenvalue weighted by Gasteiger charge is -2.15. The van der Waals surface area contributed by atoms with Gasteiger partial charge in [-0.1, -0.05) is 35.0 Å². The van der Waals surface area contributed by atoms with E-state index in [1.165, 1.54) is 9.13 Å². The summed E-state index contributed by atoms with van der Waals surface area (Å²) >= 11 is 5.90. The van der Waals surface area contributed by atoms with Crippen LogP contribution in [0.2, 0.25) is 0 Å². The van der Waals surface area contributed by atoms with Crippen LogP contribution in [0.25, 0.3) is 0 Å². The number of alkyl halides is 1. The van der Waals surface area contributed by atoms with Gasteiger partial charge in [0.05, 0.1) is 0 Å². The minimum atomic E-state index is 0.554. The highest BCUT2D eigenvalue weighted by molar-refractivity contribution is 14.1. The van der Waals surface area contributed by atoms with Crippen molar-refractivity contribution in [3.05, 3.63) is 33.4 Å². The molecule has 1 rings (SSSR count). The van der Waals surface area contributed by atoms with Crippen LogP contribution in [-0.2, 0) is 6.54 Å². The molecule has 1 aromatic rings. The molecule has 15 heavy (non-hydrogen) atoms. The lowest BCUT2D eigenvalue weighted by molar-refractivity contribution is 0.516. The van der Waals surface area contributed by atoms with Crippen LogP contribution in [0.15, 0.2) is 24.3 Å². The quantitative estimate of drug-likeness (QED) is 0.601. The number of nitrogens with one attached hydrogen (secondary N) is 1. The Morgan fingerprint density at radius 2 is 1.87 bits per heavy atom. The third-order valence-corrected chi connectivity index (χ3v) is 3.34. The van der Waals surface area contributed by atoms with Crippen LogP contribution in [-0.4, -0.2) is 10.9 Å². The van der Waals surface area contributed by atoms with E-state index in [2.05, 4.69) is 82.0 Å². The average molecular weight is 382 g/mol. The first-order chi connectivity index (χ1) is 7.08. The van der Waals surface area contributed by atoms with Crippen LogP contribution < -0.4 is 5.32 Å². The molecular weight excluding hydrogens is 365 g/mol. The minimum Gasteiger partial charge on any atom is -0.310 e. The maximum atomic E-state index is 3.57. The van der Waals surface area contributed by atoms with Gasteiger partial charge >= 0.3 is 0 Å². The van der Waals surface area contributed by atoms with Gasteiger partial charge in [0, 0.05) is 21.0 Å². The molecule has 0 bridgehead atoms. The summed E-state index contributed by atoms with van der Waals surface area (Å²) < 4.78 is 1.29. The summed E-state index contributed by atoms with van der Waals surface area (Å²) in [7, 11) is 0. The summed E-state index contributed by atoms with van der Waals surface area (Å²) in [6, 6.07) is 9.21. The zero-order chi connectivity index (χ0) is 11.3. The van der Waals surface area contributed by atoms with Crippen LogP contribution in [0, 0.1) is 3.57 Å². The normalized spacial score (nSPS) is 14.9. The monoisotopic (exact) mass is 381 g/mol. The molecule has 1 N–H and O–H groups in total. The molecule has 0 spiro atoms. The first-order valence-electron chi connectivity index (χ1n) is 5.20. The SMILES string of the molecule is CC(Br)CC(C)NCc1ccc(I)cc1. The molecule has 0 radical (unpaired) electrons. The van der Waals surface area contributed by atoms with Gasteiger partial charge in [-0.3, -0.25) is 0 Å². The van der Waals surface area contributed by atoms with Crippen molar-refractivity contribution >= 4 is 38.5 Å². The van der Waals surface area contributed by atoms with Gasteiger partial charge in [-0.25, -0.2) is 0 Å². The molecule has 0 fully saturated rings. The zero-order valence-electron chi connectivity index (χ0n) is 9.13. The zero-order valence-corrected chi connectivity index (χ0v) is 12.9. The number of hydrogen-bond acceptors (Lipinski definition) is 1. The largest absolute Gasteiger partial charge is 0.310 e. The molecule has 3 heteroatoms. The number of benzene rings is 1. The van der Waals surface area contributed by atoms with Gasteiger partial charge in [0.25, 0.3) is 0 Å². The standard InChI is InChI=1S/C12H17BrIN/c1-9(13)7-10(2)15-8-11-3-5-12(14)6-4-11/h3-6,9-10,15H,7-8H2,1-2H3. The summed E-state index contributed by atoms with van der Waals surface area (Å²) in [6.45, 7) is 5.37. The van der Waals surface area contributed by atoms with E-state index in [9.17, 15) is 0 Å². The van der Waals surface area contributed by atoms with Crippen molar-refractivity contribution in [1.29, 1.82) is 0 Å². The van der Waals surface area contributed by atoms with E-state index in [-0.39, 0.29) is 0 Å². The van der Waals surface area contributed by atoms with Crippen molar-refractivity contribution in [3.63, 3.8) is 0 Å². The van der Waals surface area contributed by atoms with Crippen molar-refractivity contribution in [2.75, 3.05) is 0 Å². The molecule has 0 aliphatic carbocycles. The topological polar surface area (TPSA) is 12.0 Å². The summed E-state index contributed by atoms with van der Waals surface area (Å²) in [5.74, 6) is 0. The Labute approximate surface area is 114 Å². The molecule has 0 aromatic heterocycles. The van der Waals surface area contributed by atoms with Crippen LogP contribution in [0.4, 0.5) is 0 Å². The molecule has 1 aromatic carbocycles. The van der Waals surface area contributed by atoms with Gasteiger partial charge in [0.1, 0.15) is 0 Å². The molecule has 84 valence electrons. The van der Waals surface area contributed by atoms with Gasteiger partial charge in [-0.2, -0.15) is 0 Å². The Kier molecular flexibility index (Phi) is 6.16. The molecular formula is C12H17BrIN. The molecule has 0 saturated heterocycles. The summed E-state index contributed by atoms with van der Waals surface area (Å²) in [4.78, 5) is 0.580.